The number of nitrogens with zero attached hydrogens (tertiary/aromatic N) is 2. The van der Waals surface area contributed by atoms with Crippen LogP contribution < -0.4 is 0 Å². The van der Waals surface area contributed by atoms with E-state index in [9.17, 15) is 0 Å². The molecule has 0 aliphatic rings. The summed E-state index contributed by atoms with van der Waals surface area (Å²) in [5.41, 5.74) is 0. The van der Waals surface area contributed by atoms with Gasteiger partial charge >= 0.3 is 0 Å². The molecule has 0 spiro atoms. The maximum Gasteiger partial charge on any atom is 0.0283 e. The summed E-state index contributed by atoms with van der Waals surface area (Å²) in [6.07, 6.45) is 3.24. The maximum atomic E-state index is 4.59. The van der Waals surface area contributed by atoms with E-state index in [0.717, 1.165) is 0 Å². The Morgan fingerprint density at radius 2 is 1.75 bits per heavy atom. The topological polar surface area (TPSA) is 25.8 Å². The van der Waals surface area contributed by atoms with Crippen LogP contribution in [0.2, 0.25) is 0 Å². The SMILES string of the molecule is [Pt].[S-]c1ncccn1. The molecule has 0 fully saturated rings. The van der Waals surface area contributed by atoms with E-state index in [0.29, 0.717) is 5.16 Å². The van der Waals surface area contributed by atoms with E-state index in [1.54, 1.807) is 18.5 Å². The minimum atomic E-state index is 0. The molecule has 1 heterocycles. The summed E-state index contributed by atoms with van der Waals surface area (Å²) in [5.74, 6) is 0. The van der Waals surface area contributed by atoms with Gasteiger partial charge in [0, 0.05) is 38.6 Å². The molecule has 0 saturated carbocycles. The molecule has 8 heavy (non-hydrogen) atoms. The molecule has 1 aromatic heterocycles. The zero-order valence-corrected chi connectivity index (χ0v) is 6.94. The number of aromatic nitrogens is 2. The van der Waals surface area contributed by atoms with E-state index in [1.165, 1.54) is 0 Å². The average Bonchev–Trinajstić information content (AvgIpc) is 1.69. The predicted molar refractivity (Wildman–Crippen MR) is 27.7 cm³/mol. The van der Waals surface area contributed by atoms with Gasteiger partial charge in [0.2, 0.25) is 0 Å². The molecule has 0 aliphatic heterocycles. The molecule has 0 atom stereocenters. The van der Waals surface area contributed by atoms with Crippen LogP contribution in [0.5, 0.6) is 0 Å². The van der Waals surface area contributed by atoms with E-state index in [2.05, 4.69) is 22.6 Å². The van der Waals surface area contributed by atoms with Crippen LogP contribution in [0.4, 0.5) is 0 Å². The Hall–Kier alpha value is -0.0117. The molecule has 0 aromatic carbocycles. The molecule has 0 aliphatic carbocycles. The molecule has 0 N–H and O–H groups in total. The molecule has 0 unspecified atom stereocenters. The molecule has 0 bridgehead atoms. The number of hydrogen-bond donors (Lipinski definition) is 0. The standard InChI is InChI=1S/C4H4N2S.Pt/c7-4-5-2-1-3-6-4;/h1-3H,(H,5,6,7);/p-1. The monoisotopic (exact) mass is 306 g/mol. The summed E-state index contributed by atoms with van der Waals surface area (Å²) in [6, 6.07) is 1.73. The summed E-state index contributed by atoms with van der Waals surface area (Å²) in [7, 11) is 0. The normalized spacial score (nSPS) is 7.50. The van der Waals surface area contributed by atoms with E-state index >= 15 is 0 Å². The minimum absolute atomic E-state index is 0. The smallest absolute Gasteiger partial charge is 0.0283 e. The molecule has 0 radical (unpaired) electrons. The Morgan fingerprint density at radius 3 is 2.00 bits per heavy atom. The number of hydrogen-bond acceptors (Lipinski definition) is 3. The van der Waals surface area contributed by atoms with E-state index in [1.807, 2.05) is 0 Å². The molecule has 1 aromatic rings. The van der Waals surface area contributed by atoms with Gasteiger partial charge in [-0.1, -0.05) is 0 Å². The van der Waals surface area contributed by atoms with Gasteiger partial charge < -0.3 is 12.6 Å². The third kappa shape index (κ3) is 2.34. The molecular weight excluding hydrogens is 303 g/mol. The molecule has 2 nitrogen and oxygen atoms in total. The Bertz CT molecular complexity index is 144. The fourth-order valence-corrected chi connectivity index (χ4v) is 0.407. The van der Waals surface area contributed by atoms with Crippen molar-refractivity contribution in [3.63, 3.8) is 0 Å². The second-order valence-corrected chi connectivity index (χ2v) is 1.40. The van der Waals surface area contributed by atoms with Crippen molar-refractivity contribution in [3.8, 4) is 0 Å². The van der Waals surface area contributed by atoms with Gasteiger partial charge in [-0.3, -0.25) is 9.97 Å². The van der Waals surface area contributed by atoms with Gasteiger partial charge in [-0.15, -0.1) is 0 Å². The fourth-order valence-electron chi connectivity index (χ4n) is 0.285. The summed E-state index contributed by atoms with van der Waals surface area (Å²) in [6.45, 7) is 0. The van der Waals surface area contributed by atoms with Gasteiger partial charge in [-0.25, -0.2) is 0 Å². The van der Waals surface area contributed by atoms with Crippen molar-refractivity contribution >= 4 is 12.6 Å². The first-order valence-electron chi connectivity index (χ1n) is 1.83. The molecule has 1 rings (SSSR count). The van der Waals surface area contributed by atoms with E-state index in [4.69, 9.17) is 0 Å². The summed E-state index contributed by atoms with van der Waals surface area (Å²) < 4.78 is 0. The van der Waals surface area contributed by atoms with Crippen molar-refractivity contribution in [1.29, 1.82) is 0 Å². The van der Waals surface area contributed by atoms with Gasteiger partial charge in [-0.2, -0.15) is 0 Å². The van der Waals surface area contributed by atoms with Crippen molar-refractivity contribution in [2.45, 2.75) is 5.16 Å². The van der Waals surface area contributed by atoms with Crippen LogP contribution in [-0.2, 0) is 33.7 Å². The molecule has 0 saturated heterocycles. The summed E-state index contributed by atoms with van der Waals surface area (Å²) in [5, 5.41) is 0.405. The first-order chi connectivity index (χ1) is 3.39. The first kappa shape index (κ1) is 7.99. The van der Waals surface area contributed by atoms with Crippen LogP contribution in [0.25, 0.3) is 0 Å². The Kier molecular flexibility index (Phi) is 3.92. The molecule has 0 amide bonds. The van der Waals surface area contributed by atoms with Crippen molar-refractivity contribution in [1.82, 2.24) is 9.97 Å². The zero-order valence-electron chi connectivity index (χ0n) is 3.85. The van der Waals surface area contributed by atoms with Crippen LogP contribution in [-0.4, -0.2) is 9.97 Å². The van der Waals surface area contributed by atoms with Crippen molar-refractivity contribution < 1.29 is 21.1 Å². The third-order valence-electron chi connectivity index (χ3n) is 0.542. The van der Waals surface area contributed by atoms with Gasteiger partial charge in [0.25, 0.3) is 0 Å². The first-order valence-corrected chi connectivity index (χ1v) is 2.24. The predicted octanol–water partition coefficient (Wildman–Crippen LogP) is 0.380. The van der Waals surface area contributed by atoms with Crippen LogP contribution in [0.1, 0.15) is 0 Å². The average molecular weight is 306 g/mol. The number of rotatable bonds is 0. The minimum Gasteiger partial charge on any atom is -0.740 e. The Labute approximate surface area is 67.4 Å². The van der Waals surface area contributed by atoms with Crippen LogP contribution in [0, 0.1) is 0 Å². The fraction of sp³-hybridized carbons (Fsp3) is 0. The second-order valence-electron chi connectivity index (χ2n) is 1.03. The molecular formula is C4H3N2PtS-. The van der Waals surface area contributed by atoms with Crippen LogP contribution in [0.3, 0.4) is 0 Å². The van der Waals surface area contributed by atoms with Gasteiger partial charge in [0.1, 0.15) is 0 Å². The Balaban J connectivity index is 0.000000490. The maximum absolute atomic E-state index is 4.59. The molecule has 4 heteroatoms. The van der Waals surface area contributed by atoms with Crippen LogP contribution >= 0.6 is 0 Å². The van der Waals surface area contributed by atoms with Crippen molar-refractivity contribution in [3.05, 3.63) is 18.5 Å². The molecule has 46 valence electrons. The second kappa shape index (κ2) is 3.93. The van der Waals surface area contributed by atoms with E-state index < -0.39 is 0 Å². The van der Waals surface area contributed by atoms with Crippen molar-refractivity contribution in [2.24, 2.45) is 0 Å². The van der Waals surface area contributed by atoms with Gasteiger partial charge in [-0.05, 0) is 6.07 Å². The van der Waals surface area contributed by atoms with Crippen molar-refractivity contribution in [2.75, 3.05) is 0 Å². The van der Waals surface area contributed by atoms with Gasteiger partial charge in [0.05, 0.1) is 0 Å². The summed E-state index contributed by atoms with van der Waals surface area (Å²) in [4.78, 5) is 7.37. The quantitative estimate of drug-likeness (QED) is 0.512. The van der Waals surface area contributed by atoms with E-state index in [-0.39, 0.29) is 21.1 Å². The summed E-state index contributed by atoms with van der Waals surface area (Å²) >= 11 is 4.59. The van der Waals surface area contributed by atoms with Gasteiger partial charge in [0.15, 0.2) is 0 Å². The zero-order chi connectivity index (χ0) is 5.11. The third-order valence-corrected chi connectivity index (χ3v) is 0.753. The largest absolute Gasteiger partial charge is 0.740 e. The Morgan fingerprint density at radius 1 is 1.25 bits per heavy atom. The van der Waals surface area contributed by atoms with Crippen LogP contribution in [0.15, 0.2) is 23.6 Å².